The normalized spacial score (nSPS) is 17.2. The highest BCUT2D eigenvalue weighted by molar-refractivity contribution is 5.54. The van der Waals surface area contributed by atoms with Gasteiger partial charge in [0.15, 0.2) is 11.6 Å². The number of aryl methyl sites for hydroxylation is 1. The van der Waals surface area contributed by atoms with Gasteiger partial charge in [0.25, 0.3) is 0 Å². The SMILES string of the molecule is CC[C@@H](Oc1cnc(C)c(Nc2cc(C3COC3)[nH]n2)n1)[C@@H](C)O. The van der Waals surface area contributed by atoms with Crippen molar-refractivity contribution in [1.82, 2.24) is 20.2 Å². The molecule has 3 rings (SSSR count). The van der Waals surface area contributed by atoms with E-state index in [1.807, 2.05) is 19.9 Å². The Kier molecular flexibility index (Phi) is 4.96. The molecule has 0 bridgehead atoms. The van der Waals surface area contributed by atoms with E-state index < -0.39 is 6.10 Å². The van der Waals surface area contributed by atoms with Crippen molar-refractivity contribution in [1.29, 1.82) is 0 Å². The van der Waals surface area contributed by atoms with Gasteiger partial charge >= 0.3 is 0 Å². The third-order valence-corrected chi connectivity index (χ3v) is 4.07. The molecule has 0 amide bonds. The van der Waals surface area contributed by atoms with Gasteiger partial charge in [0.2, 0.25) is 5.88 Å². The molecule has 0 aliphatic carbocycles. The van der Waals surface area contributed by atoms with Crippen LogP contribution in [0, 0.1) is 6.92 Å². The maximum absolute atomic E-state index is 9.70. The van der Waals surface area contributed by atoms with Crippen molar-refractivity contribution < 1.29 is 14.6 Å². The number of aliphatic hydroxyl groups is 1. The maximum atomic E-state index is 9.70. The van der Waals surface area contributed by atoms with E-state index in [1.165, 1.54) is 0 Å². The molecule has 1 saturated heterocycles. The summed E-state index contributed by atoms with van der Waals surface area (Å²) >= 11 is 0. The Labute approximate surface area is 140 Å². The van der Waals surface area contributed by atoms with Crippen LogP contribution < -0.4 is 10.1 Å². The summed E-state index contributed by atoms with van der Waals surface area (Å²) in [6, 6.07) is 1.95. The van der Waals surface area contributed by atoms with Crippen molar-refractivity contribution in [3.63, 3.8) is 0 Å². The largest absolute Gasteiger partial charge is 0.470 e. The third-order valence-electron chi connectivity index (χ3n) is 4.07. The standard InChI is InChI=1S/C16H23N5O3/c1-4-13(10(3)22)24-15-6-17-9(2)16(19-15)18-14-5-12(20-21-14)11-7-23-8-11/h5-6,10-11,13,22H,4,7-8H2,1-3H3,(H2,18,19,20,21)/t10-,13-/m1/s1. The van der Waals surface area contributed by atoms with Crippen molar-refractivity contribution in [2.75, 3.05) is 18.5 Å². The molecule has 0 spiro atoms. The molecular weight excluding hydrogens is 310 g/mol. The van der Waals surface area contributed by atoms with Gasteiger partial charge in [-0.1, -0.05) is 6.92 Å². The average Bonchev–Trinajstić information content (AvgIpc) is 2.93. The fraction of sp³-hybridized carbons (Fsp3) is 0.562. The van der Waals surface area contributed by atoms with Crippen LogP contribution in [-0.2, 0) is 4.74 Å². The molecule has 0 aromatic carbocycles. The molecule has 2 aromatic rings. The zero-order valence-electron chi connectivity index (χ0n) is 14.1. The topological polar surface area (TPSA) is 105 Å². The molecule has 0 saturated carbocycles. The van der Waals surface area contributed by atoms with E-state index in [-0.39, 0.29) is 6.10 Å². The Morgan fingerprint density at radius 2 is 2.29 bits per heavy atom. The Morgan fingerprint density at radius 3 is 2.92 bits per heavy atom. The molecular formula is C16H23N5O3. The summed E-state index contributed by atoms with van der Waals surface area (Å²) in [6.45, 7) is 6.96. The molecule has 1 fully saturated rings. The van der Waals surface area contributed by atoms with E-state index in [1.54, 1.807) is 13.1 Å². The second-order valence-electron chi connectivity index (χ2n) is 6.02. The predicted molar refractivity (Wildman–Crippen MR) is 88.6 cm³/mol. The fourth-order valence-electron chi connectivity index (χ4n) is 2.43. The summed E-state index contributed by atoms with van der Waals surface area (Å²) in [6.07, 6.45) is 1.36. The van der Waals surface area contributed by atoms with Crippen molar-refractivity contribution in [2.45, 2.75) is 45.3 Å². The monoisotopic (exact) mass is 333 g/mol. The first kappa shape index (κ1) is 16.7. The highest BCUT2D eigenvalue weighted by Gasteiger charge is 2.23. The average molecular weight is 333 g/mol. The van der Waals surface area contributed by atoms with Gasteiger partial charge in [-0.25, -0.2) is 0 Å². The van der Waals surface area contributed by atoms with Crippen LogP contribution in [0.25, 0.3) is 0 Å². The van der Waals surface area contributed by atoms with Crippen molar-refractivity contribution in [3.8, 4) is 5.88 Å². The zero-order chi connectivity index (χ0) is 17.1. The lowest BCUT2D eigenvalue weighted by Gasteiger charge is -2.24. The van der Waals surface area contributed by atoms with Crippen LogP contribution in [0.5, 0.6) is 5.88 Å². The molecule has 24 heavy (non-hydrogen) atoms. The summed E-state index contributed by atoms with van der Waals surface area (Å²) in [5.41, 5.74) is 1.78. The number of anilines is 2. The quantitative estimate of drug-likeness (QED) is 0.710. The van der Waals surface area contributed by atoms with Gasteiger partial charge in [-0.15, -0.1) is 0 Å². The smallest absolute Gasteiger partial charge is 0.234 e. The second kappa shape index (κ2) is 7.14. The van der Waals surface area contributed by atoms with Crippen LogP contribution in [0.4, 0.5) is 11.6 Å². The first-order valence-corrected chi connectivity index (χ1v) is 8.15. The number of aromatic amines is 1. The van der Waals surface area contributed by atoms with E-state index >= 15 is 0 Å². The number of aromatic nitrogens is 4. The molecule has 1 aliphatic rings. The van der Waals surface area contributed by atoms with E-state index in [2.05, 4.69) is 25.5 Å². The number of nitrogens with zero attached hydrogens (tertiary/aromatic N) is 3. The van der Waals surface area contributed by atoms with Crippen molar-refractivity contribution in [2.24, 2.45) is 0 Å². The fourth-order valence-corrected chi connectivity index (χ4v) is 2.43. The van der Waals surface area contributed by atoms with Crippen LogP contribution in [0.15, 0.2) is 12.3 Å². The number of rotatable bonds is 7. The highest BCUT2D eigenvalue weighted by atomic mass is 16.5. The van der Waals surface area contributed by atoms with Crippen molar-refractivity contribution >= 4 is 11.6 Å². The summed E-state index contributed by atoms with van der Waals surface area (Å²) in [4.78, 5) is 8.74. The van der Waals surface area contributed by atoms with E-state index in [9.17, 15) is 5.11 Å². The molecule has 1 aliphatic heterocycles. The molecule has 130 valence electrons. The summed E-state index contributed by atoms with van der Waals surface area (Å²) in [5.74, 6) is 2.01. The van der Waals surface area contributed by atoms with E-state index in [0.29, 0.717) is 29.9 Å². The molecule has 3 N–H and O–H groups in total. The van der Waals surface area contributed by atoms with Crippen molar-refractivity contribution in [3.05, 3.63) is 23.7 Å². The lowest BCUT2D eigenvalue weighted by atomic mass is 10.0. The number of aliphatic hydroxyl groups excluding tert-OH is 1. The number of hydrogen-bond donors (Lipinski definition) is 3. The predicted octanol–water partition coefficient (Wildman–Crippen LogP) is 1.90. The Balaban J connectivity index is 1.72. The van der Waals surface area contributed by atoms with Gasteiger partial charge in [-0.05, 0) is 20.3 Å². The Morgan fingerprint density at radius 1 is 1.50 bits per heavy atom. The lowest BCUT2D eigenvalue weighted by molar-refractivity contribution is 0.00670. The molecule has 8 heteroatoms. The van der Waals surface area contributed by atoms with Gasteiger partial charge in [-0.2, -0.15) is 10.1 Å². The van der Waals surface area contributed by atoms with Crippen LogP contribution in [0.1, 0.15) is 37.6 Å². The molecule has 2 aromatic heterocycles. The highest BCUT2D eigenvalue weighted by Crippen LogP contribution is 2.26. The minimum Gasteiger partial charge on any atom is -0.470 e. The van der Waals surface area contributed by atoms with Gasteiger partial charge in [0.1, 0.15) is 6.10 Å². The number of H-pyrrole nitrogens is 1. The molecule has 0 unspecified atom stereocenters. The first-order chi connectivity index (χ1) is 11.6. The first-order valence-electron chi connectivity index (χ1n) is 8.15. The lowest BCUT2D eigenvalue weighted by Crippen LogP contribution is -2.28. The summed E-state index contributed by atoms with van der Waals surface area (Å²) in [5, 5.41) is 20.1. The maximum Gasteiger partial charge on any atom is 0.234 e. The summed E-state index contributed by atoms with van der Waals surface area (Å²) < 4.78 is 10.9. The van der Waals surface area contributed by atoms with Gasteiger partial charge in [-0.3, -0.25) is 10.1 Å². The minimum atomic E-state index is -0.576. The van der Waals surface area contributed by atoms with Crippen LogP contribution >= 0.6 is 0 Å². The summed E-state index contributed by atoms with van der Waals surface area (Å²) in [7, 11) is 0. The van der Waals surface area contributed by atoms with Crippen LogP contribution in [0.3, 0.4) is 0 Å². The van der Waals surface area contributed by atoms with Gasteiger partial charge in [0.05, 0.1) is 31.2 Å². The van der Waals surface area contributed by atoms with E-state index in [0.717, 1.165) is 24.6 Å². The molecule has 0 radical (unpaired) electrons. The molecule has 2 atom stereocenters. The zero-order valence-corrected chi connectivity index (χ0v) is 14.1. The van der Waals surface area contributed by atoms with Crippen LogP contribution in [-0.4, -0.2) is 50.7 Å². The number of ether oxygens (including phenoxy) is 2. The van der Waals surface area contributed by atoms with Gasteiger partial charge < -0.3 is 19.9 Å². The molecule has 8 nitrogen and oxygen atoms in total. The third kappa shape index (κ3) is 3.65. The Hall–Kier alpha value is -2.19. The van der Waals surface area contributed by atoms with Gasteiger partial charge in [0, 0.05) is 17.7 Å². The number of nitrogens with one attached hydrogen (secondary N) is 2. The number of hydrogen-bond acceptors (Lipinski definition) is 7. The van der Waals surface area contributed by atoms with E-state index in [4.69, 9.17) is 9.47 Å². The second-order valence-corrected chi connectivity index (χ2v) is 6.02. The Bertz CT molecular complexity index is 684. The minimum absolute atomic E-state index is 0.314. The van der Waals surface area contributed by atoms with Crippen LogP contribution in [0.2, 0.25) is 0 Å². The molecule has 3 heterocycles.